The Hall–Kier alpha value is -2.38. The standard InChI is InChI=1S/C13H11F4N3O/c14-11-2-1-8(13(15,16)17)5-10(11)12(21)19-4-3-9-6-18-7-20-9/h1-2,5-7H,3-4H2,(H,18,20)(H,19,21). The topological polar surface area (TPSA) is 57.8 Å². The second kappa shape index (κ2) is 5.94. The van der Waals surface area contributed by atoms with Crippen molar-refractivity contribution in [2.75, 3.05) is 6.54 Å². The van der Waals surface area contributed by atoms with E-state index in [4.69, 9.17) is 0 Å². The van der Waals surface area contributed by atoms with Gasteiger partial charge in [-0.25, -0.2) is 9.37 Å². The Morgan fingerprint density at radius 1 is 1.33 bits per heavy atom. The van der Waals surface area contributed by atoms with E-state index in [0.717, 1.165) is 5.69 Å². The Bertz CT molecular complexity index is 623. The predicted octanol–water partition coefficient (Wildman–Crippen LogP) is 2.54. The van der Waals surface area contributed by atoms with Crippen LogP contribution in [0.2, 0.25) is 0 Å². The fourth-order valence-electron chi connectivity index (χ4n) is 1.70. The fourth-order valence-corrected chi connectivity index (χ4v) is 1.70. The van der Waals surface area contributed by atoms with E-state index in [1.54, 1.807) is 6.20 Å². The summed E-state index contributed by atoms with van der Waals surface area (Å²) in [5.74, 6) is -1.89. The molecule has 8 heteroatoms. The van der Waals surface area contributed by atoms with Crippen molar-refractivity contribution in [2.45, 2.75) is 12.6 Å². The zero-order valence-electron chi connectivity index (χ0n) is 10.7. The van der Waals surface area contributed by atoms with Crippen molar-refractivity contribution in [1.29, 1.82) is 0 Å². The van der Waals surface area contributed by atoms with Crippen LogP contribution in [0.15, 0.2) is 30.7 Å². The number of H-pyrrole nitrogens is 1. The van der Waals surface area contributed by atoms with Gasteiger partial charge in [0.15, 0.2) is 0 Å². The van der Waals surface area contributed by atoms with Crippen LogP contribution in [0.4, 0.5) is 17.6 Å². The van der Waals surface area contributed by atoms with E-state index in [9.17, 15) is 22.4 Å². The van der Waals surface area contributed by atoms with Gasteiger partial charge in [-0.15, -0.1) is 0 Å². The van der Waals surface area contributed by atoms with Crippen molar-refractivity contribution < 1.29 is 22.4 Å². The smallest absolute Gasteiger partial charge is 0.352 e. The highest BCUT2D eigenvalue weighted by molar-refractivity contribution is 5.94. The second-order valence-electron chi connectivity index (χ2n) is 4.28. The average molecular weight is 301 g/mol. The van der Waals surface area contributed by atoms with Crippen LogP contribution in [0.3, 0.4) is 0 Å². The number of hydrogen-bond donors (Lipinski definition) is 2. The van der Waals surface area contributed by atoms with Gasteiger partial charge in [0.25, 0.3) is 5.91 Å². The molecule has 21 heavy (non-hydrogen) atoms. The third kappa shape index (κ3) is 3.80. The summed E-state index contributed by atoms with van der Waals surface area (Å²) in [4.78, 5) is 18.3. The zero-order valence-corrected chi connectivity index (χ0v) is 10.7. The number of imidazole rings is 1. The number of benzene rings is 1. The number of carbonyl (C=O) groups excluding carboxylic acids is 1. The van der Waals surface area contributed by atoms with E-state index in [0.29, 0.717) is 24.6 Å². The SMILES string of the molecule is O=C(NCCc1cnc[nH]1)c1cc(C(F)(F)F)ccc1F. The van der Waals surface area contributed by atoms with Gasteiger partial charge >= 0.3 is 6.18 Å². The number of alkyl halides is 3. The normalized spacial score (nSPS) is 11.4. The van der Waals surface area contributed by atoms with Crippen LogP contribution in [0.25, 0.3) is 0 Å². The highest BCUT2D eigenvalue weighted by Crippen LogP contribution is 2.30. The van der Waals surface area contributed by atoms with E-state index in [2.05, 4.69) is 15.3 Å². The minimum absolute atomic E-state index is 0.150. The number of rotatable bonds is 4. The van der Waals surface area contributed by atoms with Crippen LogP contribution >= 0.6 is 0 Å². The Balaban J connectivity index is 2.04. The molecule has 0 fully saturated rings. The summed E-state index contributed by atoms with van der Waals surface area (Å²) < 4.78 is 51.1. The molecule has 1 aromatic heterocycles. The first-order valence-corrected chi connectivity index (χ1v) is 6.00. The van der Waals surface area contributed by atoms with Crippen molar-refractivity contribution in [3.63, 3.8) is 0 Å². The molecule has 0 spiro atoms. The lowest BCUT2D eigenvalue weighted by molar-refractivity contribution is -0.137. The van der Waals surface area contributed by atoms with E-state index in [-0.39, 0.29) is 6.54 Å². The molecule has 2 rings (SSSR count). The van der Waals surface area contributed by atoms with E-state index in [1.165, 1.54) is 6.33 Å². The summed E-state index contributed by atoms with van der Waals surface area (Å²) in [6.07, 6.45) is -1.20. The van der Waals surface area contributed by atoms with Crippen molar-refractivity contribution in [3.05, 3.63) is 53.4 Å². The number of aromatic amines is 1. The molecule has 0 aliphatic heterocycles. The summed E-state index contributed by atoms with van der Waals surface area (Å²) in [5, 5.41) is 2.36. The van der Waals surface area contributed by atoms with Gasteiger partial charge in [-0.2, -0.15) is 13.2 Å². The van der Waals surface area contributed by atoms with Crippen LogP contribution in [-0.4, -0.2) is 22.4 Å². The highest BCUT2D eigenvalue weighted by atomic mass is 19.4. The van der Waals surface area contributed by atoms with Crippen molar-refractivity contribution in [1.82, 2.24) is 15.3 Å². The van der Waals surface area contributed by atoms with Crippen LogP contribution in [0, 0.1) is 5.82 Å². The van der Waals surface area contributed by atoms with Gasteiger partial charge in [0, 0.05) is 24.9 Å². The second-order valence-corrected chi connectivity index (χ2v) is 4.28. The number of hydrogen-bond acceptors (Lipinski definition) is 2. The third-order valence-electron chi connectivity index (χ3n) is 2.77. The quantitative estimate of drug-likeness (QED) is 0.853. The Morgan fingerprint density at radius 2 is 2.10 bits per heavy atom. The summed E-state index contributed by atoms with van der Waals surface area (Å²) in [5.41, 5.74) is -0.947. The molecular weight excluding hydrogens is 290 g/mol. The molecule has 4 nitrogen and oxygen atoms in total. The van der Waals surface area contributed by atoms with Crippen LogP contribution in [0.5, 0.6) is 0 Å². The van der Waals surface area contributed by atoms with Crippen molar-refractivity contribution in [3.8, 4) is 0 Å². The molecule has 0 aliphatic carbocycles. The molecule has 0 bridgehead atoms. The number of nitrogens with one attached hydrogen (secondary N) is 2. The number of nitrogens with zero attached hydrogens (tertiary/aromatic N) is 1. The van der Waals surface area contributed by atoms with E-state index < -0.39 is 29.0 Å². The maximum Gasteiger partial charge on any atom is 0.416 e. The van der Waals surface area contributed by atoms with Gasteiger partial charge in [-0.05, 0) is 18.2 Å². The molecule has 1 amide bonds. The zero-order chi connectivity index (χ0) is 15.5. The molecule has 0 unspecified atom stereocenters. The molecule has 0 atom stereocenters. The highest BCUT2D eigenvalue weighted by Gasteiger charge is 2.31. The summed E-state index contributed by atoms with van der Waals surface area (Å²) in [7, 11) is 0. The fraction of sp³-hybridized carbons (Fsp3) is 0.231. The Kier molecular flexibility index (Phi) is 4.25. The molecule has 1 heterocycles. The third-order valence-corrected chi connectivity index (χ3v) is 2.77. The van der Waals surface area contributed by atoms with Gasteiger partial charge in [0.1, 0.15) is 5.82 Å². The van der Waals surface area contributed by atoms with Crippen LogP contribution in [0.1, 0.15) is 21.6 Å². The maximum atomic E-state index is 13.5. The summed E-state index contributed by atoms with van der Waals surface area (Å²) in [6, 6.07) is 1.73. The first kappa shape index (κ1) is 15.0. The molecule has 112 valence electrons. The number of halogens is 4. The van der Waals surface area contributed by atoms with E-state index >= 15 is 0 Å². The minimum Gasteiger partial charge on any atom is -0.352 e. The summed E-state index contributed by atoms with van der Waals surface area (Å²) in [6.45, 7) is 0.150. The number of aromatic nitrogens is 2. The van der Waals surface area contributed by atoms with Gasteiger partial charge in [-0.1, -0.05) is 0 Å². The Morgan fingerprint density at radius 3 is 2.71 bits per heavy atom. The number of amides is 1. The molecule has 0 radical (unpaired) electrons. The molecule has 0 saturated carbocycles. The van der Waals surface area contributed by atoms with Crippen molar-refractivity contribution in [2.24, 2.45) is 0 Å². The lowest BCUT2D eigenvalue weighted by atomic mass is 10.1. The minimum atomic E-state index is -4.63. The Labute approximate surface area is 117 Å². The molecule has 0 aliphatic rings. The first-order valence-electron chi connectivity index (χ1n) is 6.00. The van der Waals surface area contributed by atoms with Gasteiger partial charge in [-0.3, -0.25) is 4.79 Å². The summed E-state index contributed by atoms with van der Waals surface area (Å²) >= 11 is 0. The molecule has 0 saturated heterocycles. The van der Waals surface area contributed by atoms with Crippen LogP contribution in [-0.2, 0) is 12.6 Å². The van der Waals surface area contributed by atoms with Gasteiger partial charge in [0.05, 0.1) is 17.5 Å². The van der Waals surface area contributed by atoms with Gasteiger partial charge < -0.3 is 10.3 Å². The number of carbonyl (C=O) groups is 1. The average Bonchev–Trinajstić information content (AvgIpc) is 2.91. The van der Waals surface area contributed by atoms with E-state index in [1.807, 2.05) is 0 Å². The maximum absolute atomic E-state index is 13.5. The first-order chi connectivity index (χ1) is 9.88. The lowest BCUT2D eigenvalue weighted by Gasteiger charge is -2.10. The molecular formula is C13H11F4N3O. The van der Waals surface area contributed by atoms with Crippen molar-refractivity contribution >= 4 is 5.91 Å². The van der Waals surface area contributed by atoms with Gasteiger partial charge in [0.2, 0.25) is 0 Å². The molecule has 2 N–H and O–H groups in total. The monoisotopic (exact) mass is 301 g/mol. The largest absolute Gasteiger partial charge is 0.416 e. The molecule has 2 aromatic rings. The predicted molar refractivity (Wildman–Crippen MR) is 66.0 cm³/mol. The van der Waals surface area contributed by atoms with Crippen LogP contribution < -0.4 is 5.32 Å². The lowest BCUT2D eigenvalue weighted by Crippen LogP contribution is -2.27. The molecule has 1 aromatic carbocycles.